The highest BCUT2D eigenvalue weighted by molar-refractivity contribution is 5.98. The Kier molecular flexibility index (Phi) is 3.91. The number of allylic oxidation sites excluding steroid dienone is 1. The molecule has 0 N–H and O–H groups in total. The van der Waals surface area contributed by atoms with Gasteiger partial charge in [0, 0.05) is 28.2 Å². The minimum atomic E-state index is -0.430. The maximum Gasteiger partial charge on any atom is 0.131 e. The number of nitrogens with zero attached hydrogens (tertiary/aromatic N) is 3. The molecule has 110 valence electrons. The molecule has 1 heterocycles. The van der Waals surface area contributed by atoms with Crippen LogP contribution in [0.3, 0.4) is 0 Å². The van der Waals surface area contributed by atoms with Crippen LogP contribution >= 0.6 is 0 Å². The lowest BCUT2D eigenvalue weighted by molar-refractivity contribution is 0.624. The van der Waals surface area contributed by atoms with Gasteiger partial charge < -0.3 is 4.57 Å². The van der Waals surface area contributed by atoms with Crippen molar-refractivity contribution in [2.24, 2.45) is 0 Å². The third-order valence-electron chi connectivity index (χ3n) is 3.64. The van der Waals surface area contributed by atoms with E-state index < -0.39 is 5.82 Å². The summed E-state index contributed by atoms with van der Waals surface area (Å²) < 4.78 is 15.7. The number of benzene rings is 2. The van der Waals surface area contributed by atoms with E-state index in [1.165, 1.54) is 6.07 Å². The Labute approximate surface area is 133 Å². The van der Waals surface area contributed by atoms with Gasteiger partial charge in [0.1, 0.15) is 12.4 Å². The number of halogens is 1. The number of nitriles is 2. The first-order valence-corrected chi connectivity index (χ1v) is 7.06. The van der Waals surface area contributed by atoms with Gasteiger partial charge in [0.2, 0.25) is 0 Å². The van der Waals surface area contributed by atoms with E-state index in [0.717, 1.165) is 16.5 Å². The van der Waals surface area contributed by atoms with E-state index >= 15 is 0 Å². The third kappa shape index (κ3) is 2.71. The monoisotopic (exact) mass is 301 g/mol. The van der Waals surface area contributed by atoms with Crippen LogP contribution in [-0.4, -0.2) is 4.57 Å². The molecule has 3 nitrogen and oxygen atoms in total. The van der Waals surface area contributed by atoms with Gasteiger partial charge in [0.25, 0.3) is 0 Å². The summed E-state index contributed by atoms with van der Waals surface area (Å²) in [5.74, 6) is -0.430. The first-order valence-electron chi connectivity index (χ1n) is 7.06. The topological polar surface area (TPSA) is 52.5 Å². The van der Waals surface area contributed by atoms with Crippen LogP contribution in [-0.2, 0) is 6.54 Å². The van der Waals surface area contributed by atoms with Crippen LogP contribution in [0.5, 0.6) is 0 Å². The van der Waals surface area contributed by atoms with E-state index in [4.69, 9.17) is 5.26 Å². The molecule has 0 saturated carbocycles. The number of rotatable bonds is 3. The number of hydrogen-bond acceptors (Lipinski definition) is 2. The van der Waals surface area contributed by atoms with E-state index in [0.29, 0.717) is 0 Å². The van der Waals surface area contributed by atoms with Gasteiger partial charge in [-0.05, 0) is 18.2 Å². The molecule has 2 aromatic carbocycles. The molecule has 0 unspecified atom stereocenters. The summed E-state index contributed by atoms with van der Waals surface area (Å²) in [5, 5.41) is 19.3. The second kappa shape index (κ2) is 6.17. The van der Waals surface area contributed by atoms with Crippen molar-refractivity contribution in [3.63, 3.8) is 0 Å². The molecule has 3 rings (SSSR count). The summed E-state index contributed by atoms with van der Waals surface area (Å²) in [7, 11) is 0. The standard InChI is InChI=1S/C19H12FN3/c20-18-7-3-1-5-16(18)14(12-22)11-15-13-23(10-9-21)19-8-4-2-6-17(15)19/h1-8,11,13H,10H2. The molecule has 0 aliphatic heterocycles. The Balaban J connectivity index is 2.19. The van der Waals surface area contributed by atoms with Crippen LogP contribution in [0.2, 0.25) is 0 Å². The minimum Gasteiger partial charge on any atom is -0.333 e. The SMILES string of the molecule is N#CCn1cc(C=C(C#N)c2ccccc2F)c2ccccc21. The molecule has 23 heavy (non-hydrogen) atoms. The van der Waals surface area contributed by atoms with Gasteiger partial charge in [-0.15, -0.1) is 0 Å². The Morgan fingerprint density at radius 1 is 1.09 bits per heavy atom. The Hall–Kier alpha value is -3.37. The molecule has 0 fully saturated rings. The molecule has 1 aromatic heterocycles. The van der Waals surface area contributed by atoms with Gasteiger partial charge in [-0.2, -0.15) is 10.5 Å². The lowest BCUT2D eigenvalue weighted by Crippen LogP contribution is -1.91. The van der Waals surface area contributed by atoms with E-state index in [2.05, 4.69) is 12.1 Å². The first-order chi connectivity index (χ1) is 11.2. The molecule has 0 aliphatic rings. The minimum absolute atomic E-state index is 0.218. The first kappa shape index (κ1) is 14.6. The van der Waals surface area contributed by atoms with Crippen LogP contribution in [0.25, 0.3) is 22.6 Å². The normalized spacial score (nSPS) is 11.2. The number of para-hydroxylation sites is 1. The molecular weight excluding hydrogens is 289 g/mol. The Morgan fingerprint density at radius 3 is 2.57 bits per heavy atom. The van der Waals surface area contributed by atoms with Crippen LogP contribution in [0.4, 0.5) is 4.39 Å². The molecule has 4 heteroatoms. The maximum absolute atomic E-state index is 13.9. The highest BCUT2D eigenvalue weighted by Gasteiger charge is 2.10. The molecule has 3 aromatic rings. The van der Waals surface area contributed by atoms with E-state index in [-0.39, 0.29) is 17.7 Å². The Bertz CT molecular complexity index is 984. The van der Waals surface area contributed by atoms with E-state index in [9.17, 15) is 9.65 Å². The van der Waals surface area contributed by atoms with Crippen molar-refractivity contribution < 1.29 is 4.39 Å². The van der Waals surface area contributed by atoms with Crippen molar-refractivity contribution in [1.29, 1.82) is 10.5 Å². The zero-order chi connectivity index (χ0) is 16.2. The molecule has 0 atom stereocenters. The van der Waals surface area contributed by atoms with Crippen molar-refractivity contribution in [3.05, 3.63) is 71.7 Å². The summed E-state index contributed by atoms with van der Waals surface area (Å²) >= 11 is 0. The molecule has 0 bridgehead atoms. The summed E-state index contributed by atoms with van der Waals surface area (Å²) in [6.07, 6.45) is 3.47. The zero-order valence-corrected chi connectivity index (χ0v) is 12.2. The van der Waals surface area contributed by atoms with Gasteiger partial charge in [-0.25, -0.2) is 4.39 Å². The fourth-order valence-corrected chi connectivity index (χ4v) is 2.60. The zero-order valence-electron chi connectivity index (χ0n) is 12.2. The van der Waals surface area contributed by atoms with Gasteiger partial charge in [-0.3, -0.25) is 0 Å². The van der Waals surface area contributed by atoms with E-state index in [1.807, 2.05) is 35.0 Å². The maximum atomic E-state index is 13.9. The average Bonchev–Trinajstić information content (AvgIpc) is 2.92. The summed E-state index contributed by atoms with van der Waals surface area (Å²) in [4.78, 5) is 0. The summed E-state index contributed by atoms with van der Waals surface area (Å²) in [6, 6.07) is 18.0. The summed E-state index contributed by atoms with van der Waals surface area (Å²) in [6.45, 7) is 0.218. The van der Waals surface area contributed by atoms with Gasteiger partial charge in [0.15, 0.2) is 0 Å². The molecule has 0 amide bonds. The lowest BCUT2D eigenvalue weighted by atomic mass is 10.0. The number of aromatic nitrogens is 1. The predicted molar refractivity (Wildman–Crippen MR) is 87.4 cm³/mol. The number of hydrogen-bond donors (Lipinski definition) is 0. The highest BCUT2D eigenvalue weighted by Crippen LogP contribution is 2.26. The molecule has 0 saturated heterocycles. The number of fused-ring (bicyclic) bond motifs is 1. The fourth-order valence-electron chi connectivity index (χ4n) is 2.60. The average molecular weight is 301 g/mol. The van der Waals surface area contributed by atoms with Crippen LogP contribution in [0.1, 0.15) is 11.1 Å². The third-order valence-corrected chi connectivity index (χ3v) is 3.64. The largest absolute Gasteiger partial charge is 0.333 e. The lowest BCUT2D eigenvalue weighted by Gasteiger charge is -2.00. The molecule has 0 aliphatic carbocycles. The van der Waals surface area contributed by atoms with Gasteiger partial charge in [-0.1, -0.05) is 36.4 Å². The van der Waals surface area contributed by atoms with Crippen LogP contribution in [0.15, 0.2) is 54.7 Å². The molecule has 0 radical (unpaired) electrons. The van der Waals surface area contributed by atoms with Crippen molar-refractivity contribution in [3.8, 4) is 12.1 Å². The van der Waals surface area contributed by atoms with Gasteiger partial charge in [0.05, 0.1) is 17.7 Å². The summed E-state index contributed by atoms with van der Waals surface area (Å²) in [5.41, 5.74) is 2.22. The van der Waals surface area contributed by atoms with Gasteiger partial charge >= 0.3 is 0 Å². The predicted octanol–water partition coefficient (Wildman–Crippen LogP) is 4.37. The smallest absolute Gasteiger partial charge is 0.131 e. The van der Waals surface area contributed by atoms with Crippen LogP contribution in [0, 0.1) is 28.5 Å². The Morgan fingerprint density at radius 2 is 1.83 bits per heavy atom. The highest BCUT2D eigenvalue weighted by atomic mass is 19.1. The van der Waals surface area contributed by atoms with Crippen molar-refractivity contribution in [2.45, 2.75) is 6.54 Å². The van der Waals surface area contributed by atoms with Crippen LogP contribution < -0.4 is 0 Å². The van der Waals surface area contributed by atoms with Crippen molar-refractivity contribution in [2.75, 3.05) is 0 Å². The molecular formula is C19H12FN3. The second-order valence-corrected chi connectivity index (χ2v) is 5.04. The second-order valence-electron chi connectivity index (χ2n) is 5.04. The van der Waals surface area contributed by atoms with Crippen molar-refractivity contribution in [1.82, 2.24) is 4.57 Å². The van der Waals surface area contributed by atoms with Crippen molar-refractivity contribution >= 4 is 22.6 Å². The fraction of sp³-hybridized carbons (Fsp3) is 0.0526. The molecule has 0 spiro atoms. The van der Waals surface area contributed by atoms with E-state index in [1.54, 1.807) is 24.3 Å². The quantitative estimate of drug-likeness (QED) is 0.675.